The van der Waals surface area contributed by atoms with Gasteiger partial charge in [-0.1, -0.05) is 6.07 Å². The Morgan fingerprint density at radius 3 is 2.94 bits per heavy atom. The van der Waals surface area contributed by atoms with E-state index in [2.05, 4.69) is 16.0 Å². The molecule has 18 heavy (non-hydrogen) atoms. The van der Waals surface area contributed by atoms with Crippen LogP contribution in [0, 0.1) is 18.3 Å². The predicted molar refractivity (Wildman–Crippen MR) is 67.3 cm³/mol. The minimum Gasteiger partial charge on any atom is -0.487 e. The molecule has 0 amide bonds. The zero-order chi connectivity index (χ0) is 13.0. The van der Waals surface area contributed by atoms with Crippen molar-refractivity contribution in [1.82, 2.24) is 9.97 Å². The number of benzene rings is 1. The molecular formula is C13H10ClN3O. The molecule has 1 aromatic heterocycles. The van der Waals surface area contributed by atoms with Crippen molar-refractivity contribution < 1.29 is 4.74 Å². The van der Waals surface area contributed by atoms with Crippen LogP contribution in [0.2, 0.25) is 5.28 Å². The number of aromatic nitrogens is 2. The van der Waals surface area contributed by atoms with Crippen molar-refractivity contribution in [1.29, 1.82) is 5.26 Å². The lowest BCUT2D eigenvalue weighted by atomic mass is 10.1. The van der Waals surface area contributed by atoms with Gasteiger partial charge in [0.15, 0.2) is 0 Å². The lowest BCUT2D eigenvalue weighted by Crippen LogP contribution is -2.00. The van der Waals surface area contributed by atoms with Crippen LogP contribution in [-0.4, -0.2) is 9.97 Å². The molecule has 2 aromatic rings. The van der Waals surface area contributed by atoms with Crippen molar-refractivity contribution >= 4 is 11.6 Å². The van der Waals surface area contributed by atoms with E-state index in [1.165, 1.54) is 0 Å². The van der Waals surface area contributed by atoms with Crippen molar-refractivity contribution in [2.24, 2.45) is 0 Å². The van der Waals surface area contributed by atoms with Crippen LogP contribution in [0.5, 0.6) is 5.75 Å². The SMILES string of the molecule is Cc1ccc(C#N)cc1OCc1ccnc(Cl)n1. The third-order valence-corrected chi connectivity index (χ3v) is 2.56. The van der Waals surface area contributed by atoms with E-state index in [0.29, 0.717) is 17.0 Å². The maximum Gasteiger partial charge on any atom is 0.222 e. The van der Waals surface area contributed by atoms with Gasteiger partial charge in [-0.3, -0.25) is 0 Å². The van der Waals surface area contributed by atoms with Gasteiger partial charge in [0.25, 0.3) is 0 Å². The van der Waals surface area contributed by atoms with E-state index < -0.39 is 0 Å². The Kier molecular flexibility index (Phi) is 3.75. The molecule has 1 aromatic carbocycles. The normalized spacial score (nSPS) is 9.83. The summed E-state index contributed by atoms with van der Waals surface area (Å²) in [5, 5.41) is 9.02. The van der Waals surface area contributed by atoms with Crippen LogP contribution in [0.15, 0.2) is 30.5 Å². The van der Waals surface area contributed by atoms with Crippen LogP contribution >= 0.6 is 11.6 Å². The molecule has 4 nitrogen and oxygen atoms in total. The number of ether oxygens (including phenoxy) is 1. The topological polar surface area (TPSA) is 58.8 Å². The standard InChI is InChI=1S/C13H10ClN3O/c1-9-2-3-10(7-15)6-12(9)18-8-11-4-5-16-13(14)17-11/h2-6H,8H2,1H3. The van der Waals surface area contributed by atoms with Crippen LogP contribution in [-0.2, 0) is 6.61 Å². The number of nitriles is 1. The summed E-state index contributed by atoms with van der Waals surface area (Å²) in [6.45, 7) is 2.21. The van der Waals surface area contributed by atoms with E-state index >= 15 is 0 Å². The van der Waals surface area contributed by atoms with Gasteiger partial charge >= 0.3 is 0 Å². The first-order chi connectivity index (χ1) is 8.69. The Balaban J connectivity index is 2.13. The number of halogens is 1. The van der Waals surface area contributed by atoms with Gasteiger partial charge in [0.05, 0.1) is 17.3 Å². The van der Waals surface area contributed by atoms with Gasteiger partial charge in [-0.15, -0.1) is 0 Å². The molecule has 90 valence electrons. The molecule has 0 N–H and O–H groups in total. The third-order valence-electron chi connectivity index (χ3n) is 2.38. The second-order valence-electron chi connectivity index (χ2n) is 3.70. The average Bonchev–Trinajstić information content (AvgIpc) is 2.38. The summed E-state index contributed by atoms with van der Waals surface area (Å²) in [6, 6.07) is 9.11. The van der Waals surface area contributed by atoms with Gasteiger partial charge in [-0.2, -0.15) is 5.26 Å². The maximum absolute atomic E-state index is 8.83. The zero-order valence-corrected chi connectivity index (χ0v) is 10.5. The fraction of sp³-hybridized carbons (Fsp3) is 0.154. The van der Waals surface area contributed by atoms with Crippen LogP contribution < -0.4 is 4.74 Å². The van der Waals surface area contributed by atoms with Crippen LogP contribution in [0.4, 0.5) is 0 Å². The molecule has 0 saturated carbocycles. The Morgan fingerprint density at radius 1 is 1.39 bits per heavy atom. The average molecular weight is 260 g/mol. The molecule has 1 heterocycles. The summed E-state index contributed by atoms with van der Waals surface area (Å²) in [6.07, 6.45) is 1.58. The minimum atomic E-state index is 0.193. The number of nitrogens with zero attached hydrogens (tertiary/aromatic N) is 3. The van der Waals surface area contributed by atoms with E-state index in [1.807, 2.05) is 13.0 Å². The monoisotopic (exact) mass is 259 g/mol. The molecule has 5 heteroatoms. The molecule has 0 unspecified atom stereocenters. The maximum atomic E-state index is 8.83. The van der Waals surface area contributed by atoms with Gasteiger partial charge in [0.2, 0.25) is 5.28 Å². The molecule has 2 rings (SSSR count). The third kappa shape index (κ3) is 2.96. The van der Waals surface area contributed by atoms with Crippen LogP contribution in [0.3, 0.4) is 0 Å². The smallest absolute Gasteiger partial charge is 0.222 e. The summed E-state index contributed by atoms with van der Waals surface area (Å²) >= 11 is 5.68. The summed E-state index contributed by atoms with van der Waals surface area (Å²) in [7, 11) is 0. The van der Waals surface area contributed by atoms with Gasteiger partial charge < -0.3 is 4.74 Å². The van der Waals surface area contributed by atoms with E-state index in [9.17, 15) is 0 Å². The van der Waals surface area contributed by atoms with Crippen molar-refractivity contribution in [3.63, 3.8) is 0 Å². The zero-order valence-electron chi connectivity index (χ0n) is 9.72. The number of hydrogen-bond donors (Lipinski definition) is 0. The minimum absolute atomic E-state index is 0.193. The Morgan fingerprint density at radius 2 is 2.22 bits per heavy atom. The fourth-order valence-corrected chi connectivity index (χ4v) is 1.59. The highest BCUT2D eigenvalue weighted by Gasteiger charge is 2.03. The summed E-state index contributed by atoms with van der Waals surface area (Å²) in [5.74, 6) is 0.670. The molecule has 0 bridgehead atoms. The highest BCUT2D eigenvalue weighted by molar-refractivity contribution is 6.28. The van der Waals surface area contributed by atoms with Crippen molar-refractivity contribution in [3.8, 4) is 11.8 Å². The first kappa shape index (κ1) is 12.3. The van der Waals surface area contributed by atoms with Gasteiger partial charge in [-0.05, 0) is 42.3 Å². The molecule has 0 aliphatic carbocycles. The molecule has 0 atom stereocenters. The molecule has 0 spiro atoms. The predicted octanol–water partition coefficient (Wildman–Crippen LogP) is 2.89. The molecule has 0 aliphatic heterocycles. The quantitative estimate of drug-likeness (QED) is 0.796. The number of aryl methyl sites for hydroxylation is 1. The summed E-state index contributed by atoms with van der Waals surface area (Å²) in [5.41, 5.74) is 2.22. The largest absolute Gasteiger partial charge is 0.487 e. The first-order valence-corrected chi connectivity index (χ1v) is 5.68. The second kappa shape index (κ2) is 5.48. The van der Waals surface area contributed by atoms with Crippen molar-refractivity contribution in [3.05, 3.63) is 52.6 Å². The second-order valence-corrected chi connectivity index (χ2v) is 4.04. The van der Waals surface area contributed by atoms with E-state index in [1.54, 1.807) is 24.4 Å². The summed E-state index contributed by atoms with van der Waals surface area (Å²) < 4.78 is 5.62. The molecule has 0 aliphatic rings. The molecule has 0 radical (unpaired) electrons. The van der Waals surface area contributed by atoms with Gasteiger partial charge in [0.1, 0.15) is 12.4 Å². The van der Waals surface area contributed by atoms with E-state index in [4.69, 9.17) is 21.6 Å². The molecule has 0 fully saturated rings. The highest BCUT2D eigenvalue weighted by Crippen LogP contribution is 2.20. The first-order valence-electron chi connectivity index (χ1n) is 5.30. The van der Waals surface area contributed by atoms with Crippen LogP contribution in [0.1, 0.15) is 16.8 Å². The van der Waals surface area contributed by atoms with Crippen LogP contribution in [0.25, 0.3) is 0 Å². The Hall–Kier alpha value is -2.12. The fourth-order valence-electron chi connectivity index (χ4n) is 1.43. The number of rotatable bonds is 3. The van der Waals surface area contributed by atoms with Crippen molar-refractivity contribution in [2.45, 2.75) is 13.5 Å². The Labute approximate surface area is 110 Å². The highest BCUT2D eigenvalue weighted by atomic mass is 35.5. The van der Waals surface area contributed by atoms with Gasteiger partial charge in [-0.25, -0.2) is 9.97 Å². The molecule has 0 saturated heterocycles. The molecular weight excluding hydrogens is 250 g/mol. The van der Waals surface area contributed by atoms with Crippen molar-refractivity contribution in [2.75, 3.05) is 0 Å². The lowest BCUT2D eigenvalue weighted by Gasteiger charge is -2.08. The van der Waals surface area contributed by atoms with E-state index in [-0.39, 0.29) is 11.9 Å². The Bertz CT molecular complexity index is 607. The number of hydrogen-bond acceptors (Lipinski definition) is 4. The lowest BCUT2D eigenvalue weighted by molar-refractivity contribution is 0.299. The van der Waals surface area contributed by atoms with E-state index in [0.717, 1.165) is 5.56 Å². The summed E-state index contributed by atoms with van der Waals surface area (Å²) in [4.78, 5) is 7.82. The van der Waals surface area contributed by atoms with Gasteiger partial charge in [0, 0.05) is 6.20 Å².